The fraction of sp³-hybridized carbons (Fsp3) is 0.333. The van der Waals surface area contributed by atoms with Gasteiger partial charge in [-0.15, -0.1) is 24.0 Å². The average molecular weight is 509 g/mol. The van der Waals surface area contributed by atoms with E-state index in [9.17, 15) is 5.11 Å². The molecule has 0 bridgehead atoms. The van der Waals surface area contributed by atoms with E-state index in [0.717, 1.165) is 18.5 Å². The van der Waals surface area contributed by atoms with Crippen LogP contribution in [0.2, 0.25) is 10.2 Å². The number of nitrogens with one attached hydrogen (secondary N) is 2. The summed E-state index contributed by atoms with van der Waals surface area (Å²) in [5.41, 5.74) is 1.76. The number of aliphatic hydroxyl groups is 1. The van der Waals surface area contributed by atoms with Gasteiger partial charge in [-0.1, -0.05) is 47.5 Å². The maximum atomic E-state index is 10.3. The third-order valence-corrected chi connectivity index (χ3v) is 4.09. The molecule has 0 fully saturated rings. The molecular weight excluding hydrogens is 486 g/mol. The van der Waals surface area contributed by atoms with Crippen molar-refractivity contribution >= 4 is 53.1 Å². The molecule has 26 heavy (non-hydrogen) atoms. The molecule has 2 rings (SSSR count). The van der Waals surface area contributed by atoms with Crippen LogP contribution in [0.4, 0.5) is 0 Å². The summed E-state index contributed by atoms with van der Waals surface area (Å²) in [4.78, 5) is 8.49. The monoisotopic (exact) mass is 508 g/mol. The molecule has 0 aliphatic heterocycles. The van der Waals surface area contributed by atoms with E-state index < -0.39 is 6.10 Å². The molecule has 0 saturated carbocycles. The van der Waals surface area contributed by atoms with Crippen LogP contribution in [0.15, 0.2) is 47.6 Å². The normalized spacial score (nSPS) is 12.2. The zero-order valence-corrected chi connectivity index (χ0v) is 18.3. The zero-order valence-electron chi connectivity index (χ0n) is 14.5. The lowest BCUT2D eigenvalue weighted by Gasteiger charge is -2.14. The van der Waals surface area contributed by atoms with Crippen LogP contribution in [0.1, 0.15) is 24.2 Å². The van der Waals surface area contributed by atoms with Gasteiger partial charge in [0.1, 0.15) is 11.3 Å². The van der Waals surface area contributed by atoms with E-state index >= 15 is 0 Å². The molecule has 142 valence electrons. The van der Waals surface area contributed by atoms with Crippen LogP contribution in [-0.4, -0.2) is 35.7 Å². The lowest BCUT2D eigenvalue weighted by Crippen LogP contribution is -2.38. The average Bonchev–Trinajstić information content (AvgIpc) is 2.61. The Labute approximate surface area is 181 Å². The van der Waals surface area contributed by atoms with Crippen molar-refractivity contribution in [2.45, 2.75) is 19.4 Å². The maximum Gasteiger partial charge on any atom is 0.191 e. The first-order valence-corrected chi connectivity index (χ1v) is 8.91. The lowest BCUT2D eigenvalue weighted by molar-refractivity contribution is 0.187. The Morgan fingerprint density at radius 2 is 1.96 bits per heavy atom. The Kier molecular flexibility index (Phi) is 10.9. The van der Waals surface area contributed by atoms with Gasteiger partial charge in [0.25, 0.3) is 0 Å². The number of rotatable bonds is 7. The molecule has 8 heteroatoms. The smallest absolute Gasteiger partial charge is 0.191 e. The number of hydrogen-bond donors (Lipinski definition) is 3. The third-order valence-electron chi connectivity index (χ3n) is 3.53. The predicted octanol–water partition coefficient (Wildman–Crippen LogP) is 3.84. The molecule has 2 aromatic rings. The van der Waals surface area contributed by atoms with Gasteiger partial charge in [-0.2, -0.15) is 0 Å². The quantitative estimate of drug-likeness (QED) is 0.230. The van der Waals surface area contributed by atoms with Gasteiger partial charge in [0.15, 0.2) is 5.96 Å². The van der Waals surface area contributed by atoms with Crippen molar-refractivity contribution in [3.05, 3.63) is 63.9 Å². The number of halogens is 3. The fourth-order valence-electron chi connectivity index (χ4n) is 2.24. The first-order chi connectivity index (χ1) is 12.1. The predicted molar refractivity (Wildman–Crippen MR) is 119 cm³/mol. The molecule has 1 atom stereocenters. The molecule has 1 unspecified atom stereocenters. The second-order valence-corrected chi connectivity index (χ2v) is 6.22. The van der Waals surface area contributed by atoms with Crippen molar-refractivity contribution in [3.8, 4) is 0 Å². The van der Waals surface area contributed by atoms with E-state index in [2.05, 4.69) is 20.6 Å². The molecular formula is C18H23Cl2IN4O. The van der Waals surface area contributed by atoms with Gasteiger partial charge in [-0.3, -0.25) is 4.99 Å². The van der Waals surface area contributed by atoms with E-state index in [1.807, 2.05) is 25.1 Å². The standard InChI is InChI=1S/C18H22Cl2N4O.HI/c1-2-21-18(22-10-9-13-7-8-17(20)23-11-13)24-12-16(25)14-5-3-4-6-15(14)19;/h3-8,11,16,25H,2,9-10,12H2,1H3,(H2,21,22,24);1H. The molecule has 1 aromatic heterocycles. The highest BCUT2D eigenvalue weighted by atomic mass is 127. The van der Waals surface area contributed by atoms with Crippen molar-refractivity contribution in [1.29, 1.82) is 0 Å². The summed E-state index contributed by atoms with van der Waals surface area (Å²) >= 11 is 11.9. The SMILES string of the molecule is CCNC(=NCC(O)c1ccccc1Cl)NCCc1ccc(Cl)nc1.I. The van der Waals surface area contributed by atoms with Gasteiger partial charge < -0.3 is 15.7 Å². The Balaban J connectivity index is 0.00000338. The highest BCUT2D eigenvalue weighted by Crippen LogP contribution is 2.22. The summed E-state index contributed by atoms with van der Waals surface area (Å²) in [5, 5.41) is 17.7. The molecule has 1 heterocycles. The van der Waals surface area contributed by atoms with Crippen molar-refractivity contribution in [3.63, 3.8) is 0 Å². The minimum absolute atomic E-state index is 0. The molecule has 0 radical (unpaired) electrons. The Morgan fingerprint density at radius 3 is 2.62 bits per heavy atom. The number of aliphatic hydroxyl groups excluding tert-OH is 1. The van der Waals surface area contributed by atoms with Gasteiger partial charge in [0.2, 0.25) is 0 Å². The van der Waals surface area contributed by atoms with E-state index in [-0.39, 0.29) is 30.5 Å². The van der Waals surface area contributed by atoms with E-state index in [1.165, 1.54) is 0 Å². The van der Waals surface area contributed by atoms with Crippen molar-refractivity contribution in [2.24, 2.45) is 4.99 Å². The van der Waals surface area contributed by atoms with Gasteiger partial charge in [-0.25, -0.2) is 4.98 Å². The molecule has 3 N–H and O–H groups in total. The first kappa shape index (κ1) is 23.0. The van der Waals surface area contributed by atoms with Crippen LogP contribution in [0.5, 0.6) is 0 Å². The molecule has 0 spiro atoms. The van der Waals surface area contributed by atoms with Crippen molar-refractivity contribution in [2.75, 3.05) is 19.6 Å². The number of hydrogen-bond acceptors (Lipinski definition) is 3. The largest absolute Gasteiger partial charge is 0.386 e. The van der Waals surface area contributed by atoms with E-state index in [4.69, 9.17) is 23.2 Å². The number of benzene rings is 1. The second kappa shape index (κ2) is 12.3. The number of pyridine rings is 1. The molecule has 0 aliphatic carbocycles. The zero-order chi connectivity index (χ0) is 18.1. The first-order valence-electron chi connectivity index (χ1n) is 8.15. The van der Waals surface area contributed by atoms with Crippen LogP contribution < -0.4 is 10.6 Å². The lowest BCUT2D eigenvalue weighted by atomic mass is 10.1. The van der Waals surface area contributed by atoms with Crippen LogP contribution in [0, 0.1) is 0 Å². The molecule has 1 aromatic carbocycles. The van der Waals surface area contributed by atoms with Gasteiger partial charge >= 0.3 is 0 Å². The molecule has 0 amide bonds. The number of guanidine groups is 1. The fourth-order valence-corrected chi connectivity index (χ4v) is 2.62. The summed E-state index contributed by atoms with van der Waals surface area (Å²) in [6.07, 6.45) is 1.81. The van der Waals surface area contributed by atoms with E-state index in [1.54, 1.807) is 24.4 Å². The second-order valence-electron chi connectivity index (χ2n) is 5.42. The van der Waals surface area contributed by atoms with Crippen LogP contribution in [-0.2, 0) is 6.42 Å². The number of aliphatic imine (C=N–C) groups is 1. The topological polar surface area (TPSA) is 69.5 Å². The summed E-state index contributed by atoms with van der Waals surface area (Å²) in [7, 11) is 0. The van der Waals surface area contributed by atoms with E-state index in [0.29, 0.717) is 28.2 Å². The van der Waals surface area contributed by atoms with Gasteiger partial charge in [0, 0.05) is 29.9 Å². The third kappa shape index (κ3) is 7.65. The Hall–Kier alpha value is -1.09. The van der Waals surface area contributed by atoms with Crippen LogP contribution in [0.3, 0.4) is 0 Å². The summed E-state index contributed by atoms with van der Waals surface area (Å²) < 4.78 is 0. The summed E-state index contributed by atoms with van der Waals surface area (Å²) in [6, 6.07) is 11.0. The Bertz CT molecular complexity index is 698. The van der Waals surface area contributed by atoms with Crippen molar-refractivity contribution in [1.82, 2.24) is 15.6 Å². The van der Waals surface area contributed by atoms with Crippen molar-refractivity contribution < 1.29 is 5.11 Å². The molecule has 0 aliphatic rings. The Morgan fingerprint density at radius 1 is 1.19 bits per heavy atom. The summed E-state index contributed by atoms with van der Waals surface area (Å²) in [5.74, 6) is 0.649. The maximum absolute atomic E-state index is 10.3. The highest BCUT2D eigenvalue weighted by molar-refractivity contribution is 14.0. The van der Waals surface area contributed by atoms with Crippen LogP contribution >= 0.6 is 47.2 Å². The van der Waals surface area contributed by atoms with Gasteiger partial charge in [0.05, 0.1) is 6.54 Å². The number of nitrogens with zero attached hydrogens (tertiary/aromatic N) is 2. The number of aromatic nitrogens is 1. The van der Waals surface area contributed by atoms with Crippen LogP contribution in [0.25, 0.3) is 0 Å². The highest BCUT2D eigenvalue weighted by Gasteiger charge is 2.10. The molecule has 0 saturated heterocycles. The minimum Gasteiger partial charge on any atom is -0.386 e. The minimum atomic E-state index is -0.746. The molecule has 5 nitrogen and oxygen atoms in total. The summed E-state index contributed by atoms with van der Waals surface area (Å²) in [6.45, 7) is 3.64. The van der Waals surface area contributed by atoms with Gasteiger partial charge in [-0.05, 0) is 31.0 Å².